The summed E-state index contributed by atoms with van der Waals surface area (Å²) in [5, 5.41) is 17.8. The van der Waals surface area contributed by atoms with Crippen LogP contribution in [0.3, 0.4) is 0 Å². The van der Waals surface area contributed by atoms with Gasteiger partial charge in [-0.25, -0.2) is 4.39 Å². The highest BCUT2D eigenvalue weighted by Gasteiger charge is 2.14. The first kappa shape index (κ1) is 12.8. The molecule has 16 heavy (non-hydrogen) atoms. The number of hydrogen-bond acceptors (Lipinski definition) is 2. The highest BCUT2D eigenvalue weighted by molar-refractivity contribution is 6.32. The minimum Gasteiger partial charge on any atom is -0.504 e. The molecule has 0 aliphatic rings. The number of carboxylic acids is 1. The predicted octanol–water partition coefficient (Wildman–Crippen LogP) is 2.90. The fourth-order valence-corrected chi connectivity index (χ4v) is 1.57. The second-order valence-electron chi connectivity index (χ2n) is 3.58. The fourth-order valence-electron chi connectivity index (χ4n) is 1.44. The molecule has 0 aliphatic heterocycles. The van der Waals surface area contributed by atoms with Gasteiger partial charge in [0.15, 0.2) is 11.6 Å². The van der Waals surface area contributed by atoms with Gasteiger partial charge in [0.05, 0.1) is 5.02 Å². The fraction of sp³-hybridized carbons (Fsp3) is 0.364. The Kier molecular flexibility index (Phi) is 4.12. The minimum atomic E-state index is -0.921. The van der Waals surface area contributed by atoms with Crippen LogP contribution in [0.25, 0.3) is 0 Å². The number of hydrogen-bond donors (Lipinski definition) is 2. The van der Waals surface area contributed by atoms with Crippen molar-refractivity contribution in [3.8, 4) is 5.75 Å². The van der Waals surface area contributed by atoms with Gasteiger partial charge in [-0.2, -0.15) is 0 Å². The maximum absolute atomic E-state index is 13.5. The molecule has 88 valence electrons. The summed E-state index contributed by atoms with van der Waals surface area (Å²) < 4.78 is 13.5. The van der Waals surface area contributed by atoms with Crippen LogP contribution in [-0.2, 0) is 11.2 Å². The zero-order valence-corrected chi connectivity index (χ0v) is 9.51. The maximum atomic E-state index is 13.5. The van der Waals surface area contributed by atoms with E-state index in [9.17, 15) is 14.3 Å². The molecule has 0 unspecified atom stereocenters. The maximum Gasteiger partial charge on any atom is 0.303 e. The zero-order chi connectivity index (χ0) is 12.3. The molecular formula is C11H12ClFO3. The summed E-state index contributed by atoms with van der Waals surface area (Å²) in [6, 6.07) is 1.53. The predicted molar refractivity (Wildman–Crippen MR) is 58.4 cm³/mol. The van der Waals surface area contributed by atoms with E-state index in [1.165, 1.54) is 6.07 Å². The second-order valence-corrected chi connectivity index (χ2v) is 3.95. The van der Waals surface area contributed by atoms with Crippen LogP contribution in [-0.4, -0.2) is 16.2 Å². The Morgan fingerprint density at radius 2 is 2.19 bits per heavy atom. The molecule has 0 spiro atoms. The normalized spacial score (nSPS) is 10.4. The number of aryl methyl sites for hydroxylation is 2. The third-order valence-electron chi connectivity index (χ3n) is 2.27. The van der Waals surface area contributed by atoms with Gasteiger partial charge in [-0.05, 0) is 30.9 Å². The molecule has 2 N–H and O–H groups in total. The number of rotatable bonds is 4. The van der Waals surface area contributed by atoms with Crippen molar-refractivity contribution in [2.45, 2.75) is 26.2 Å². The zero-order valence-electron chi connectivity index (χ0n) is 8.76. The quantitative estimate of drug-likeness (QED) is 0.859. The average Bonchev–Trinajstić information content (AvgIpc) is 2.22. The van der Waals surface area contributed by atoms with Gasteiger partial charge in [-0.1, -0.05) is 17.7 Å². The molecule has 0 fully saturated rings. The van der Waals surface area contributed by atoms with Gasteiger partial charge in [0.2, 0.25) is 0 Å². The summed E-state index contributed by atoms with van der Waals surface area (Å²) in [7, 11) is 0. The van der Waals surface area contributed by atoms with Crippen LogP contribution in [0, 0.1) is 12.7 Å². The topological polar surface area (TPSA) is 57.5 Å². The molecule has 5 heteroatoms. The van der Waals surface area contributed by atoms with Crippen LogP contribution in [0.5, 0.6) is 5.75 Å². The Morgan fingerprint density at radius 1 is 1.56 bits per heavy atom. The molecule has 0 atom stereocenters. The molecule has 1 rings (SSSR count). The van der Waals surface area contributed by atoms with Gasteiger partial charge in [0.1, 0.15) is 0 Å². The molecule has 1 aromatic rings. The summed E-state index contributed by atoms with van der Waals surface area (Å²) in [6.07, 6.45) is 0.568. The van der Waals surface area contributed by atoms with Crippen LogP contribution in [0.15, 0.2) is 6.07 Å². The van der Waals surface area contributed by atoms with Gasteiger partial charge in [-0.3, -0.25) is 4.79 Å². The summed E-state index contributed by atoms with van der Waals surface area (Å²) in [5.41, 5.74) is 0.867. The van der Waals surface area contributed by atoms with E-state index in [1.54, 1.807) is 6.92 Å². The van der Waals surface area contributed by atoms with Crippen molar-refractivity contribution in [3.05, 3.63) is 28.0 Å². The monoisotopic (exact) mass is 246 g/mol. The Bertz CT molecular complexity index is 418. The molecule has 0 amide bonds. The molecule has 0 radical (unpaired) electrons. The van der Waals surface area contributed by atoms with E-state index in [1.807, 2.05) is 0 Å². The van der Waals surface area contributed by atoms with E-state index in [2.05, 4.69) is 0 Å². The first-order valence-corrected chi connectivity index (χ1v) is 5.19. The lowest BCUT2D eigenvalue weighted by molar-refractivity contribution is -0.137. The van der Waals surface area contributed by atoms with Crippen LogP contribution < -0.4 is 0 Å². The molecule has 0 heterocycles. The third kappa shape index (κ3) is 2.85. The lowest BCUT2D eigenvalue weighted by Gasteiger charge is -2.08. The van der Waals surface area contributed by atoms with Crippen LogP contribution in [0.1, 0.15) is 24.0 Å². The van der Waals surface area contributed by atoms with Crippen molar-refractivity contribution in [1.82, 2.24) is 0 Å². The SMILES string of the molecule is Cc1cc(CCCC(=O)O)c(F)c(O)c1Cl. The Balaban J connectivity index is 2.85. The van der Waals surface area contributed by atoms with Crippen molar-refractivity contribution < 1.29 is 19.4 Å². The highest BCUT2D eigenvalue weighted by Crippen LogP contribution is 2.32. The van der Waals surface area contributed by atoms with E-state index in [4.69, 9.17) is 16.7 Å². The molecule has 0 bridgehead atoms. The molecular weight excluding hydrogens is 235 g/mol. The van der Waals surface area contributed by atoms with Crippen molar-refractivity contribution in [1.29, 1.82) is 0 Å². The molecule has 0 aromatic heterocycles. The first-order valence-electron chi connectivity index (χ1n) is 4.81. The Labute approximate surface area is 97.5 Å². The second kappa shape index (κ2) is 5.16. The average molecular weight is 247 g/mol. The Hall–Kier alpha value is -1.29. The number of aromatic hydroxyl groups is 1. The van der Waals surface area contributed by atoms with Crippen molar-refractivity contribution in [3.63, 3.8) is 0 Å². The van der Waals surface area contributed by atoms with E-state index >= 15 is 0 Å². The highest BCUT2D eigenvalue weighted by atomic mass is 35.5. The number of phenolic OH excluding ortho intramolecular Hbond substituents is 1. The molecule has 3 nitrogen and oxygen atoms in total. The van der Waals surface area contributed by atoms with Gasteiger partial charge in [0.25, 0.3) is 0 Å². The summed E-state index contributed by atoms with van der Waals surface area (Å²) in [5.74, 6) is -2.25. The van der Waals surface area contributed by atoms with E-state index < -0.39 is 17.5 Å². The van der Waals surface area contributed by atoms with Gasteiger partial charge in [-0.15, -0.1) is 0 Å². The number of carbonyl (C=O) groups is 1. The Morgan fingerprint density at radius 3 is 2.75 bits per heavy atom. The summed E-state index contributed by atoms with van der Waals surface area (Å²) >= 11 is 5.66. The van der Waals surface area contributed by atoms with Crippen molar-refractivity contribution in [2.75, 3.05) is 0 Å². The van der Waals surface area contributed by atoms with E-state index in [0.29, 0.717) is 17.5 Å². The largest absolute Gasteiger partial charge is 0.504 e. The molecule has 1 aromatic carbocycles. The number of phenols is 1. The van der Waals surface area contributed by atoms with Crippen LogP contribution in [0.2, 0.25) is 5.02 Å². The van der Waals surface area contributed by atoms with Gasteiger partial charge < -0.3 is 10.2 Å². The molecule has 0 aliphatic carbocycles. The van der Waals surface area contributed by atoms with Gasteiger partial charge >= 0.3 is 5.97 Å². The number of aliphatic carboxylic acids is 1. The third-order valence-corrected chi connectivity index (χ3v) is 2.75. The summed E-state index contributed by atoms with van der Waals surface area (Å²) in [4.78, 5) is 10.3. The standard InChI is InChI=1S/C11H12ClFO3/c1-6-5-7(3-2-4-8(14)15)10(13)11(16)9(6)12/h5,16H,2-4H2,1H3,(H,14,15). The lowest BCUT2D eigenvalue weighted by Crippen LogP contribution is -1.98. The van der Waals surface area contributed by atoms with Crippen LogP contribution >= 0.6 is 11.6 Å². The smallest absolute Gasteiger partial charge is 0.303 e. The van der Waals surface area contributed by atoms with E-state index in [0.717, 1.165) is 0 Å². The summed E-state index contributed by atoms with van der Waals surface area (Å²) in [6.45, 7) is 1.65. The lowest BCUT2D eigenvalue weighted by atomic mass is 10.0. The first-order chi connectivity index (χ1) is 7.43. The molecule has 0 saturated carbocycles. The molecule has 0 saturated heterocycles. The number of halogens is 2. The number of carboxylic acid groups (broad SMARTS) is 1. The van der Waals surface area contributed by atoms with Crippen LogP contribution in [0.4, 0.5) is 4.39 Å². The number of benzene rings is 1. The van der Waals surface area contributed by atoms with E-state index in [-0.39, 0.29) is 17.9 Å². The van der Waals surface area contributed by atoms with Crippen molar-refractivity contribution in [2.24, 2.45) is 0 Å². The van der Waals surface area contributed by atoms with Crippen molar-refractivity contribution >= 4 is 17.6 Å². The minimum absolute atomic E-state index is 0.000477. The van der Waals surface area contributed by atoms with Gasteiger partial charge in [0, 0.05) is 6.42 Å².